The minimum atomic E-state index is -0.523. The molecule has 0 radical (unpaired) electrons. The molecule has 4 N–H and O–H groups in total. The maximum absolute atomic E-state index is 12.3. The number of hydrogen-bond acceptors (Lipinski definition) is 5. The number of anilines is 1. The largest absolute Gasteiger partial charge is 0.364 e. The molecule has 3 heterocycles. The summed E-state index contributed by atoms with van der Waals surface area (Å²) in [6, 6.07) is 3.54. The molecule has 0 spiro atoms. The molecule has 3 rings (SSSR count). The van der Waals surface area contributed by atoms with Crippen molar-refractivity contribution in [3.8, 4) is 11.3 Å². The first-order chi connectivity index (χ1) is 11.5. The predicted molar refractivity (Wildman–Crippen MR) is 96.8 cm³/mol. The standard InChI is InChI=1S/C16H16N4O2S2/c1-3-12-8(2)4-13(24-12)15(22)20-16-19-11(7-23-16)9-5-10(14(17)21)18-6-9/h4-7,18H,3H2,1-2H3,(H2,17,21)(H,19,20,22). The highest BCUT2D eigenvalue weighted by Gasteiger charge is 2.15. The minimum Gasteiger partial charge on any atom is -0.364 e. The van der Waals surface area contributed by atoms with Gasteiger partial charge in [-0.25, -0.2) is 4.98 Å². The van der Waals surface area contributed by atoms with Crippen LogP contribution in [0.4, 0.5) is 5.13 Å². The lowest BCUT2D eigenvalue weighted by Gasteiger charge is -1.97. The van der Waals surface area contributed by atoms with Gasteiger partial charge in [-0.3, -0.25) is 14.9 Å². The van der Waals surface area contributed by atoms with Crippen LogP contribution in [0.25, 0.3) is 11.3 Å². The van der Waals surface area contributed by atoms with Crippen LogP contribution in [0.5, 0.6) is 0 Å². The fourth-order valence-electron chi connectivity index (χ4n) is 2.29. The number of amides is 2. The van der Waals surface area contributed by atoms with Crippen molar-refractivity contribution in [2.45, 2.75) is 20.3 Å². The molecular formula is C16H16N4O2S2. The summed E-state index contributed by atoms with van der Waals surface area (Å²) in [5.74, 6) is -0.680. The van der Waals surface area contributed by atoms with E-state index < -0.39 is 5.91 Å². The number of nitrogens with one attached hydrogen (secondary N) is 2. The van der Waals surface area contributed by atoms with Gasteiger partial charge in [-0.2, -0.15) is 0 Å². The first kappa shape index (κ1) is 16.4. The molecule has 0 saturated carbocycles. The van der Waals surface area contributed by atoms with Gasteiger partial charge >= 0.3 is 0 Å². The van der Waals surface area contributed by atoms with E-state index in [4.69, 9.17) is 5.73 Å². The monoisotopic (exact) mass is 360 g/mol. The lowest BCUT2D eigenvalue weighted by molar-refractivity contribution is 0.0994. The third-order valence-corrected chi connectivity index (χ3v) is 5.67. The maximum atomic E-state index is 12.3. The van der Waals surface area contributed by atoms with Crippen LogP contribution in [0.3, 0.4) is 0 Å². The Hall–Kier alpha value is -2.45. The van der Waals surface area contributed by atoms with Crippen molar-refractivity contribution < 1.29 is 9.59 Å². The fourth-order valence-corrected chi connectivity index (χ4v) is 4.01. The van der Waals surface area contributed by atoms with Crippen LogP contribution in [-0.4, -0.2) is 21.8 Å². The number of rotatable bonds is 5. The molecule has 6 nitrogen and oxygen atoms in total. The topological polar surface area (TPSA) is 101 Å². The third-order valence-electron chi connectivity index (χ3n) is 3.53. The van der Waals surface area contributed by atoms with Gasteiger partial charge in [0.1, 0.15) is 5.69 Å². The van der Waals surface area contributed by atoms with Crippen molar-refractivity contribution in [2.24, 2.45) is 5.73 Å². The van der Waals surface area contributed by atoms with Crippen molar-refractivity contribution >= 4 is 39.6 Å². The van der Waals surface area contributed by atoms with Gasteiger partial charge in [0.05, 0.1) is 10.6 Å². The highest BCUT2D eigenvalue weighted by Crippen LogP contribution is 2.27. The number of nitrogens with two attached hydrogens (primary N) is 1. The van der Waals surface area contributed by atoms with Gasteiger partial charge < -0.3 is 10.7 Å². The molecule has 0 aromatic carbocycles. The Morgan fingerprint density at radius 1 is 1.38 bits per heavy atom. The van der Waals surface area contributed by atoms with E-state index in [1.165, 1.54) is 27.6 Å². The SMILES string of the molecule is CCc1sc(C(=O)Nc2nc(-c3c[nH]c(C(N)=O)c3)cs2)cc1C. The van der Waals surface area contributed by atoms with Gasteiger partial charge in [-0.05, 0) is 31.0 Å². The van der Waals surface area contributed by atoms with Gasteiger partial charge in [0, 0.05) is 22.0 Å². The Balaban J connectivity index is 1.75. The molecule has 0 saturated heterocycles. The molecule has 3 aromatic heterocycles. The van der Waals surface area contributed by atoms with E-state index in [2.05, 4.69) is 22.2 Å². The van der Waals surface area contributed by atoms with Crippen molar-refractivity contribution in [3.05, 3.63) is 44.7 Å². The van der Waals surface area contributed by atoms with Crippen molar-refractivity contribution in [1.29, 1.82) is 0 Å². The zero-order chi connectivity index (χ0) is 17.3. The average molecular weight is 360 g/mol. The molecule has 24 heavy (non-hydrogen) atoms. The number of carbonyl (C=O) groups is 2. The number of aromatic nitrogens is 2. The highest BCUT2D eigenvalue weighted by molar-refractivity contribution is 7.15. The maximum Gasteiger partial charge on any atom is 0.267 e. The number of primary amides is 1. The highest BCUT2D eigenvalue weighted by atomic mass is 32.1. The van der Waals surface area contributed by atoms with Crippen LogP contribution < -0.4 is 11.1 Å². The summed E-state index contributed by atoms with van der Waals surface area (Å²) in [5.41, 5.74) is 8.11. The Morgan fingerprint density at radius 3 is 2.79 bits per heavy atom. The number of thiophene rings is 1. The molecule has 0 bridgehead atoms. The summed E-state index contributed by atoms with van der Waals surface area (Å²) in [4.78, 5) is 32.5. The average Bonchev–Trinajstić information content (AvgIpc) is 3.25. The van der Waals surface area contributed by atoms with E-state index in [1.807, 2.05) is 18.4 Å². The van der Waals surface area contributed by atoms with E-state index in [0.717, 1.165) is 17.5 Å². The molecule has 0 aliphatic carbocycles. The molecule has 8 heteroatoms. The smallest absolute Gasteiger partial charge is 0.267 e. The van der Waals surface area contributed by atoms with Gasteiger partial charge in [-0.15, -0.1) is 22.7 Å². The molecule has 0 fully saturated rings. The summed E-state index contributed by atoms with van der Waals surface area (Å²) in [6.07, 6.45) is 2.58. The molecule has 0 atom stereocenters. The Kier molecular flexibility index (Phi) is 4.50. The van der Waals surface area contributed by atoms with Gasteiger partial charge in [0.25, 0.3) is 11.8 Å². The molecule has 0 aliphatic rings. The molecule has 0 unspecified atom stereocenters. The van der Waals surface area contributed by atoms with Gasteiger partial charge in [0.2, 0.25) is 0 Å². The molecule has 124 valence electrons. The van der Waals surface area contributed by atoms with E-state index in [-0.39, 0.29) is 5.91 Å². The molecule has 3 aromatic rings. The lowest BCUT2D eigenvalue weighted by Crippen LogP contribution is -2.10. The third kappa shape index (κ3) is 3.24. The number of nitrogens with zero attached hydrogens (tertiary/aromatic N) is 1. The fraction of sp³-hybridized carbons (Fsp3) is 0.188. The molecule has 0 aliphatic heterocycles. The second kappa shape index (κ2) is 6.58. The summed E-state index contributed by atoms with van der Waals surface area (Å²) in [7, 11) is 0. The minimum absolute atomic E-state index is 0.157. The second-order valence-corrected chi connectivity index (χ2v) is 7.22. The predicted octanol–water partition coefficient (Wildman–Crippen LogP) is 3.42. The second-order valence-electron chi connectivity index (χ2n) is 5.23. The van der Waals surface area contributed by atoms with Crippen molar-refractivity contribution in [3.63, 3.8) is 0 Å². The lowest BCUT2D eigenvalue weighted by atomic mass is 10.2. The van der Waals surface area contributed by atoms with E-state index in [9.17, 15) is 9.59 Å². The van der Waals surface area contributed by atoms with Crippen molar-refractivity contribution in [1.82, 2.24) is 9.97 Å². The van der Waals surface area contributed by atoms with Crippen LogP contribution in [-0.2, 0) is 6.42 Å². The van der Waals surface area contributed by atoms with E-state index >= 15 is 0 Å². The number of carbonyl (C=O) groups excluding carboxylic acids is 2. The Morgan fingerprint density at radius 2 is 2.17 bits per heavy atom. The van der Waals surface area contributed by atoms with Crippen LogP contribution in [0, 0.1) is 6.92 Å². The summed E-state index contributed by atoms with van der Waals surface area (Å²) < 4.78 is 0. The number of aromatic amines is 1. The summed E-state index contributed by atoms with van der Waals surface area (Å²) >= 11 is 2.84. The number of thiazole rings is 1. The molecular weight excluding hydrogens is 344 g/mol. The quantitative estimate of drug-likeness (QED) is 0.650. The summed E-state index contributed by atoms with van der Waals surface area (Å²) in [5, 5.41) is 5.15. The van der Waals surface area contributed by atoms with Crippen LogP contribution in [0.2, 0.25) is 0 Å². The first-order valence-corrected chi connectivity index (χ1v) is 9.02. The Bertz CT molecular complexity index is 907. The van der Waals surface area contributed by atoms with E-state index in [0.29, 0.717) is 21.4 Å². The van der Waals surface area contributed by atoms with Gasteiger partial charge in [0.15, 0.2) is 5.13 Å². The first-order valence-electron chi connectivity index (χ1n) is 7.32. The normalized spacial score (nSPS) is 10.8. The Labute approximate surface area is 146 Å². The van der Waals surface area contributed by atoms with Crippen LogP contribution >= 0.6 is 22.7 Å². The van der Waals surface area contributed by atoms with E-state index in [1.54, 1.807) is 12.3 Å². The van der Waals surface area contributed by atoms with Crippen molar-refractivity contribution in [2.75, 3.05) is 5.32 Å². The zero-order valence-electron chi connectivity index (χ0n) is 13.2. The number of hydrogen-bond donors (Lipinski definition) is 3. The van der Waals surface area contributed by atoms with Crippen LogP contribution in [0.15, 0.2) is 23.7 Å². The summed E-state index contributed by atoms with van der Waals surface area (Å²) in [6.45, 7) is 4.08. The number of H-pyrrole nitrogens is 1. The van der Waals surface area contributed by atoms with Crippen LogP contribution in [0.1, 0.15) is 37.5 Å². The zero-order valence-corrected chi connectivity index (χ0v) is 14.8. The van der Waals surface area contributed by atoms with Gasteiger partial charge in [-0.1, -0.05) is 6.92 Å². The molecule has 2 amide bonds. The number of aryl methyl sites for hydroxylation is 2.